The van der Waals surface area contributed by atoms with Crippen molar-refractivity contribution < 1.29 is 0 Å². The highest BCUT2D eigenvalue weighted by molar-refractivity contribution is 6.33. The molecule has 0 saturated heterocycles. The molecule has 1 fully saturated rings. The molecule has 84 valence electrons. The Morgan fingerprint density at radius 1 is 1.50 bits per heavy atom. The average Bonchev–Trinajstić information content (AvgIpc) is 2.65. The van der Waals surface area contributed by atoms with Crippen molar-refractivity contribution in [3.63, 3.8) is 0 Å². The molecule has 1 saturated carbocycles. The summed E-state index contributed by atoms with van der Waals surface area (Å²) in [4.78, 5) is 0. The summed E-state index contributed by atoms with van der Waals surface area (Å²) in [5.74, 6) is 0.606. The number of para-hydroxylation sites is 1. The van der Waals surface area contributed by atoms with E-state index in [-0.39, 0.29) is 0 Å². The van der Waals surface area contributed by atoms with Gasteiger partial charge in [0, 0.05) is 0 Å². The van der Waals surface area contributed by atoms with Gasteiger partial charge in [0.15, 0.2) is 0 Å². The molecule has 1 aromatic rings. The zero-order valence-corrected chi connectivity index (χ0v) is 10.1. The number of anilines is 1. The van der Waals surface area contributed by atoms with Crippen molar-refractivity contribution in [3.05, 3.63) is 29.3 Å². The molecule has 1 N–H and O–H groups in total. The molecule has 2 unspecified atom stereocenters. The van der Waals surface area contributed by atoms with Crippen LogP contribution in [0.2, 0.25) is 5.02 Å². The highest BCUT2D eigenvalue weighted by Gasteiger charge is 2.37. The predicted octanol–water partition coefficient (Wildman–Crippen LogP) is 3.83. The molecule has 0 amide bonds. The van der Waals surface area contributed by atoms with Gasteiger partial charge in [0.1, 0.15) is 5.54 Å². The minimum absolute atomic E-state index is 0.426. The van der Waals surface area contributed by atoms with E-state index in [1.165, 1.54) is 0 Å². The minimum atomic E-state index is -0.426. The lowest BCUT2D eigenvalue weighted by Crippen LogP contribution is -2.33. The van der Waals surface area contributed by atoms with Gasteiger partial charge in [0.05, 0.1) is 16.8 Å². The van der Waals surface area contributed by atoms with E-state index < -0.39 is 5.54 Å². The van der Waals surface area contributed by atoms with Crippen LogP contribution in [0.1, 0.15) is 26.2 Å². The van der Waals surface area contributed by atoms with E-state index >= 15 is 0 Å². The normalized spacial score (nSPS) is 28.7. The topological polar surface area (TPSA) is 35.8 Å². The smallest absolute Gasteiger partial charge is 0.125 e. The summed E-state index contributed by atoms with van der Waals surface area (Å²) < 4.78 is 0. The lowest BCUT2D eigenvalue weighted by molar-refractivity contribution is 0.558. The van der Waals surface area contributed by atoms with Gasteiger partial charge in [-0.05, 0) is 37.3 Å². The maximum Gasteiger partial charge on any atom is 0.125 e. The number of halogens is 1. The third-order valence-electron chi connectivity index (χ3n) is 3.22. The van der Waals surface area contributed by atoms with Crippen LogP contribution in [0.3, 0.4) is 0 Å². The maximum atomic E-state index is 9.33. The van der Waals surface area contributed by atoms with Crippen LogP contribution in [0.15, 0.2) is 24.3 Å². The van der Waals surface area contributed by atoms with Gasteiger partial charge in [-0.15, -0.1) is 0 Å². The molecule has 16 heavy (non-hydrogen) atoms. The number of rotatable bonds is 2. The van der Waals surface area contributed by atoms with Gasteiger partial charge in [-0.1, -0.05) is 30.7 Å². The summed E-state index contributed by atoms with van der Waals surface area (Å²) in [5.41, 5.74) is 0.435. The first-order valence-corrected chi connectivity index (χ1v) is 5.97. The largest absolute Gasteiger partial charge is 0.366 e. The number of hydrogen-bond acceptors (Lipinski definition) is 2. The first kappa shape index (κ1) is 11.3. The van der Waals surface area contributed by atoms with E-state index in [1.807, 2.05) is 24.3 Å². The number of nitrogens with one attached hydrogen (secondary N) is 1. The van der Waals surface area contributed by atoms with Crippen molar-refractivity contribution in [3.8, 4) is 6.07 Å². The number of nitriles is 1. The van der Waals surface area contributed by atoms with Crippen LogP contribution < -0.4 is 5.32 Å². The van der Waals surface area contributed by atoms with Crippen molar-refractivity contribution in [2.75, 3.05) is 5.32 Å². The highest BCUT2D eigenvalue weighted by atomic mass is 35.5. The molecule has 0 aliphatic heterocycles. The quantitative estimate of drug-likeness (QED) is 0.844. The number of hydrogen-bond donors (Lipinski definition) is 1. The van der Waals surface area contributed by atoms with Crippen molar-refractivity contribution in [1.82, 2.24) is 0 Å². The van der Waals surface area contributed by atoms with Crippen molar-refractivity contribution in [1.29, 1.82) is 5.26 Å². The molecule has 0 spiro atoms. The molecular weight excluding hydrogens is 220 g/mol. The number of nitrogens with zero attached hydrogens (tertiary/aromatic N) is 1. The predicted molar refractivity (Wildman–Crippen MR) is 66.4 cm³/mol. The highest BCUT2D eigenvalue weighted by Crippen LogP contribution is 2.37. The fourth-order valence-corrected chi connectivity index (χ4v) is 2.54. The molecule has 2 nitrogen and oxygen atoms in total. The van der Waals surface area contributed by atoms with Gasteiger partial charge in [0.2, 0.25) is 0 Å². The summed E-state index contributed by atoms with van der Waals surface area (Å²) in [6.07, 6.45) is 2.90. The van der Waals surface area contributed by atoms with E-state index in [4.69, 9.17) is 11.6 Å². The van der Waals surface area contributed by atoms with Gasteiger partial charge in [0.25, 0.3) is 0 Å². The Kier molecular flexibility index (Phi) is 3.07. The Morgan fingerprint density at radius 2 is 2.25 bits per heavy atom. The summed E-state index contributed by atoms with van der Waals surface area (Å²) in [6, 6.07) is 10.00. The Hall–Kier alpha value is -1.20. The third kappa shape index (κ3) is 2.15. The fraction of sp³-hybridized carbons (Fsp3) is 0.462. The minimum Gasteiger partial charge on any atom is -0.366 e. The zero-order valence-electron chi connectivity index (χ0n) is 9.33. The van der Waals surface area contributed by atoms with E-state index in [0.29, 0.717) is 10.9 Å². The third-order valence-corrected chi connectivity index (χ3v) is 3.55. The summed E-state index contributed by atoms with van der Waals surface area (Å²) >= 11 is 6.09. The zero-order chi connectivity index (χ0) is 11.6. The molecule has 1 aromatic carbocycles. The van der Waals surface area contributed by atoms with E-state index in [9.17, 15) is 5.26 Å². The molecule has 0 aromatic heterocycles. The molecule has 1 aliphatic carbocycles. The van der Waals surface area contributed by atoms with Gasteiger partial charge in [-0.3, -0.25) is 0 Å². The SMILES string of the molecule is CC1CCC(C#N)(Nc2ccccc2Cl)C1. The van der Waals surface area contributed by atoms with E-state index in [2.05, 4.69) is 18.3 Å². The van der Waals surface area contributed by atoms with Crippen LogP contribution in [0.4, 0.5) is 5.69 Å². The van der Waals surface area contributed by atoms with Crippen LogP contribution in [0, 0.1) is 17.2 Å². The van der Waals surface area contributed by atoms with Crippen LogP contribution in [0.5, 0.6) is 0 Å². The van der Waals surface area contributed by atoms with Gasteiger partial charge in [-0.25, -0.2) is 0 Å². The molecule has 0 radical (unpaired) electrons. The molecule has 2 atom stereocenters. The van der Waals surface area contributed by atoms with Crippen LogP contribution in [-0.4, -0.2) is 5.54 Å². The molecule has 2 rings (SSSR count). The number of benzene rings is 1. The second-order valence-electron chi connectivity index (χ2n) is 4.65. The van der Waals surface area contributed by atoms with E-state index in [0.717, 1.165) is 24.9 Å². The molecule has 3 heteroatoms. The van der Waals surface area contributed by atoms with Crippen molar-refractivity contribution in [2.24, 2.45) is 5.92 Å². The average molecular weight is 235 g/mol. The van der Waals surface area contributed by atoms with Gasteiger partial charge < -0.3 is 5.32 Å². The van der Waals surface area contributed by atoms with E-state index in [1.54, 1.807) is 0 Å². The first-order valence-electron chi connectivity index (χ1n) is 5.59. The monoisotopic (exact) mass is 234 g/mol. The summed E-state index contributed by atoms with van der Waals surface area (Å²) in [5, 5.41) is 13.3. The van der Waals surface area contributed by atoms with Gasteiger partial charge >= 0.3 is 0 Å². The van der Waals surface area contributed by atoms with Gasteiger partial charge in [-0.2, -0.15) is 5.26 Å². The fourth-order valence-electron chi connectivity index (χ4n) is 2.36. The Morgan fingerprint density at radius 3 is 2.81 bits per heavy atom. The Labute approximate surface area is 101 Å². The lowest BCUT2D eigenvalue weighted by Gasteiger charge is -2.24. The van der Waals surface area contributed by atoms with Crippen LogP contribution in [0.25, 0.3) is 0 Å². The first-order chi connectivity index (χ1) is 7.65. The van der Waals surface area contributed by atoms with Crippen LogP contribution >= 0.6 is 11.6 Å². The molecule has 0 bridgehead atoms. The Bertz CT molecular complexity index is 424. The summed E-state index contributed by atoms with van der Waals surface area (Å²) in [7, 11) is 0. The maximum absolute atomic E-state index is 9.33. The molecule has 1 aliphatic rings. The molecule has 0 heterocycles. The second kappa shape index (κ2) is 4.35. The second-order valence-corrected chi connectivity index (χ2v) is 5.05. The van der Waals surface area contributed by atoms with Crippen LogP contribution in [-0.2, 0) is 0 Å². The molecular formula is C13H15ClN2. The summed E-state index contributed by atoms with van der Waals surface area (Å²) in [6.45, 7) is 2.19. The Balaban J connectivity index is 2.21. The lowest BCUT2D eigenvalue weighted by atomic mass is 9.97. The standard InChI is InChI=1S/C13H15ClN2/c1-10-6-7-13(8-10,9-15)16-12-5-3-2-4-11(12)14/h2-5,10,16H,6-8H2,1H3. The van der Waals surface area contributed by atoms with Crippen molar-refractivity contribution in [2.45, 2.75) is 31.7 Å². The van der Waals surface area contributed by atoms with Crippen molar-refractivity contribution >= 4 is 17.3 Å².